The van der Waals surface area contributed by atoms with Crippen LogP contribution in [0.25, 0.3) is 0 Å². The average Bonchev–Trinajstić information content (AvgIpc) is 2.16. The lowest BCUT2D eigenvalue weighted by Crippen LogP contribution is -2.41. The van der Waals surface area contributed by atoms with E-state index in [9.17, 15) is 9.90 Å². The summed E-state index contributed by atoms with van der Waals surface area (Å²) in [6.07, 6.45) is 3.28. The molecular weight excluding hydrogens is 164 g/mol. The SMILES string of the molecule is CC1(C)[C@@H]2CC[C@]1(C)C(O)=CC2=O. The van der Waals surface area contributed by atoms with Crippen LogP contribution in [0.5, 0.6) is 0 Å². The van der Waals surface area contributed by atoms with Crippen molar-refractivity contribution >= 4 is 5.78 Å². The highest BCUT2D eigenvalue weighted by Crippen LogP contribution is 2.61. The second-order valence-electron chi connectivity index (χ2n) is 5.08. The van der Waals surface area contributed by atoms with Crippen LogP contribution in [0.15, 0.2) is 11.8 Å². The highest BCUT2D eigenvalue weighted by molar-refractivity contribution is 5.94. The first-order valence-corrected chi connectivity index (χ1v) is 4.84. The van der Waals surface area contributed by atoms with Gasteiger partial charge in [-0.15, -0.1) is 0 Å². The Labute approximate surface area is 78.6 Å². The van der Waals surface area contributed by atoms with Gasteiger partial charge in [0.1, 0.15) is 5.76 Å². The lowest BCUT2D eigenvalue weighted by molar-refractivity contribution is -0.124. The molecule has 72 valence electrons. The maximum Gasteiger partial charge on any atom is 0.162 e. The number of hydrogen-bond acceptors (Lipinski definition) is 2. The van der Waals surface area contributed by atoms with E-state index in [0.717, 1.165) is 12.8 Å². The summed E-state index contributed by atoms with van der Waals surface area (Å²) in [6.45, 7) is 6.24. The summed E-state index contributed by atoms with van der Waals surface area (Å²) in [7, 11) is 0. The minimum absolute atomic E-state index is 0.0804. The minimum atomic E-state index is -0.175. The Hall–Kier alpha value is -0.790. The number of ketones is 1. The summed E-state index contributed by atoms with van der Waals surface area (Å²) in [5.41, 5.74) is -0.255. The summed E-state index contributed by atoms with van der Waals surface area (Å²) in [4.78, 5) is 11.6. The van der Waals surface area contributed by atoms with E-state index in [4.69, 9.17) is 0 Å². The van der Waals surface area contributed by atoms with Crippen LogP contribution in [0, 0.1) is 16.7 Å². The first-order chi connectivity index (χ1) is 5.89. The third-order valence-corrected chi connectivity index (χ3v) is 4.41. The third kappa shape index (κ3) is 0.812. The zero-order valence-corrected chi connectivity index (χ0v) is 8.42. The van der Waals surface area contributed by atoms with E-state index in [1.807, 2.05) is 0 Å². The summed E-state index contributed by atoms with van der Waals surface area (Å²) in [5, 5.41) is 9.80. The Bertz CT molecular complexity index is 301. The Morgan fingerprint density at radius 2 is 2.08 bits per heavy atom. The number of aliphatic hydroxyl groups excluding tert-OH is 1. The molecule has 2 heteroatoms. The Morgan fingerprint density at radius 3 is 2.69 bits per heavy atom. The van der Waals surface area contributed by atoms with Gasteiger partial charge >= 0.3 is 0 Å². The van der Waals surface area contributed by atoms with Crippen molar-refractivity contribution < 1.29 is 9.90 Å². The number of allylic oxidation sites excluding steroid dienone is 2. The van der Waals surface area contributed by atoms with E-state index in [2.05, 4.69) is 20.8 Å². The maximum atomic E-state index is 11.6. The zero-order chi connectivity index (χ0) is 9.85. The van der Waals surface area contributed by atoms with Gasteiger partial charge in [0.15, 0.2) is 5.78 Å². The van der Waals surface area contributed by atoms with Crippen molar-refractivity contribution in [2.75, 3.05) is 0 Å². The Balaban J connectivity index is 2.59. The molecule has 0 aromatic carbocycles. The van der Waals surface area contributed by atoms with Gasteiger partial charge in [-0.25, -0.2) is 0 Å². The quantitative estimate of drug-likeness (QED) is 0.621. The fourth-order valence-electron chi connectivity index (χ4n) is 2.85. The maximum absolute atomic E-state index is 11.6. The molecule has 2 rings (SSSR count). The monoisotopic (exact) mass is 180 g/mol. The molecule has 0 heterocycles. The molecule has 13 heavy (non-hydrogen) atoms. The fourth-order valence-corrected chi connectivity index (χ4v) is 2.85. The molecule has 1 N–H and O–H groups in total. The molecule has 0 aromatic rings. The highest BCUT2D eigenvalue weighted by Gasteiger charge is 2.58. The van der Waals surface area contributed by atoms with Crippen molar-refractivity contribution in [3.05, 3.63) is 11.8 Å². The minimum Gasteiger partial charge on any atom is -0.512 e. The number of fused-ring (bicyclic) bond motifs is 2. The molecule has 2 aliphatic rings. The summed E-state index contributed by atoms with van der Waals surface area (Å²) < 4.78 is 0. The number of hydrogen-bond donors (Lipinski definition) is 1. The Morgan fingerprint density at radius 1 is 1.46 bits per heavy atom. The molecule has 0 aromatic heterocycles. The van der Waals surface area contributed by atoms with E-state index in [0.29, 0.717) is 0 Å². The molecule has 2 atom stereocenters. The predicted molar refractivity (Wildman–Crippen MR) is 50.3 cm³/mol. The number of carbonyl (C=O) groups excluding carboxylic acids is 1. The largest absolute Gasteiger partial charge is 0.512 e. The average molecular weight is 180 g/mol. The molecule has 0 saturated heterocycles. The second-order valence-corrected chi connectivity index (χ2v) is 5.08. The third-order valence-electron chi connectivity index (χ3n) is 4.41. The molecule has 2 bridgehead atoms. The smallest absolute Gasteiger partial charge is 0.162 e. The van der Waals surface area contributed by atoms with E-state index < -0.39 is 0 Å². The normalized spacial score (nSPS) is 41.9. The van der Waals surface area contributed by atoms with Gasteiger partial charge in [0.05, 0.1) is 0 Å². The summed E-state index contributed by atoms with van der Waals surface area (Å²) >= 11 is 0. The number of aliphatic hydroxyl groups is 1. The standard InChI is InChI=1S/C11H16O2/c1-10(2)7-4-5-11(10,3)9(13)6-8(7)12/h6-7,13H,4-5H2,1-3H3/t7-,11-/m1/s1. The molecule has 0 aliphatic heterocycles. The van der Waals surface area contributed by atoms with Crippen LogP contribution < -0.4 is 0 Å². The van der Waals surface area contributed by atoms with Crippen molar-refractivity contribution in [1.82, 2.24) is 0 Å². The van der Waals surface area contributed by atoms with Crippen LogP contribution in [0.3, 0.4) is 0 Å². The van der Waals surface area contributed by atoms with Crippen molar-refractivity contribution in [3.63, 3.8) is 0 Å². The molecule has 0 amide bonds. The van der Waals surface area contributed by atoms with Gasteiger partial charge in [-0.1, -0.05) is 20.8 Å². The van der Waals surface area contributed by atoms with Crippen molar-refractivity contribution in [1.29, 1.82) is 0 Å². The van der Waals surface area contributed by atoms with Crippen molar-refractivity contribution in [2.45, 2.75) is 33.6 Å². The lowest BCUT2D eigenvalue weighted by Gasteiger charge is -2.43. The number of rotatable bonds is 0. The van der Waals surface area contributed by atoms with Gasteiger partial charge in [-0.3, -0.25) is 4.79 Å². The summed E-state index contributed by atoms with van der Waals surface area (Å²) in [6, 6.07) is 0. The molecular formula is C11H16O2. The first-order valence-electron chi connectivity index (χ1n) is 4.84. The molecule has 0 radical (unpaired) electrons. The molecule has 0 spiro atoms. The fraction of sp³-hybridized carbons (Fsp3) is 0.727. The van der Waals surface area contributed by atoms with Gasteiger partial charge in [0, 0.05) is 17.4 Å². The van der Waals surface area contributed by atoms with Crippen LogP contribution in [-0.4, -0.2) is 10.9 Å². The van der Waals surface area contributed by atoms with Crippen LogP contribution in [0.2, 0.25) is 0 Å². The predicted octanol–water partition coefficient (Wildman–Crippen LogP) is 2.45. The van der Waals surface area contributed by atoms with E-state index in [1.54, 1.807) is 0 Å². The topological polar surface area (TPSA) is 37.3 Å². The Kier molecular flexibility index (Phi) is 1.47. The second kappa shape index (κ2) is 2.17. The van der Waals surface area contributed by atoms with Crippen LogP contribution in [-0.2, 0) is 4.79 Å². The van der Waals surface area contributed by atoms with E-state index in [1.165, 1.54) is 6.08 Å². The molecule has 0 unspecified atom stereocenters. The van der Waals surface area contributed by atoms with Gasteiger partial charge < -0.3 is 5.11 Å². The van der Waals surface area contributed by atoms with Crippen molar-refractivity contribution in [2.24, 2.45) is 16.7 Å². The van der Waals surface area contributed by atoms with Crippen LogP contribution >= 0.6 is 0 Å². The van der Waals surface area contributed by atoms with Gasteiger partial charge in [0.25, 0.3) is 0 Å². The van der Waals surface area contributed by atoms with Crippen molar-refractivity contribution in [3.8, 4) is 0 Å². The van der Waals surface area contributed by atoms with Gasteiger partial charge in [-0.05, 0) is 18.3 Å². The highest BCUT2D eigenvalue weighted by atomic mass is 16.3. The van der Waals surface area contributed by atoms with E-state index in [-0.39, 0.29) is 28.3 Å². The number of carbonyl (C=O) groups is 1. The molecule has 2 aliphatic carbocycles. The molecule has 2 nitrogen and oxygen atoms in total. The van der Waals surface area contributed by atoms with Gasteiger partial charge in [-0.2, -0.15) is 0 Å². The lowest BCUT2D eigenvalue weighted by atomic mass is 9.61. The summed E-state index contributed by atoms with van der Waals surface area (Å²) in [5.74, 6) is 0.516. The van der Waals surface area contributed by atoms with E-state index >= 15 is 0 Å². The molecule has 1 saturated carbocycles. The zero-order valence-electron chi connectivity index (χ0n) is 8.42. The van der Waals surface area contributed by atoms with Gasteiger partial charge in [0.2, 0.25) is 0 Å². The first kappa shape index (κ1) is 8.79. The van der Waals surface area contributed by atoms with Crippen LogP contribution in [0.1, 0.15) is 33.6 Å². The molecule has 1 fully saturated rings. The van der Waals surface area contributed by atoms with Crippen LogP contribution in [0.4, 0.5) is 0 Å².